The van der Waals surface area contributed by atoms with E-state index in [9.17, 15) is 17.6 Å². The maximum absolute atomic E-state index is 14.2. The van der Waals surface area contributed by atoms with E-state index < -0.39 is 21.7 Å². The Hall–Kier alpha value is -2.20. The van der Waals surface area contributed by atoms with Crippen molar-refractivity contribution >= 4 is 38.9 Å². The number of anilines is 2. The Bertz CT molecular complexity index is 1100. The molecule has 0 atom stereocenters. The van der Waals surface area contributed by atoms with E-state index in [2.05, 4.69) is 10.2 Å². The minimum Gasteiger partial charge on any atom is -0.379 e. The van der Waals surface area contributed by atoms with Crippen molar-refractivity contribution in [3.05, 3.63) is 52.8 Å². The molecule has 2 aliphatic rings. The van der Waals surface area contributed by atoms with Gasteiger partial charge in [0.15, 0.2) is 0 Å². The summed E-state index contributed by atoms with van der Waals surface area (Å²) in [5, 5.41) is 2.98. The number of morpholine rings is 1. The summed E-state index contributed by atoms with van der Waals surface area (Å²) in [5.74, 6) is -1.03. The molecular weight excluding hydrogens is 469 g/mol. The Kier molecular flexibility index (Phi) is 7.53. The van der Waals surface area contributed by atoms with Crippen LogP contribution in [-0.4, -0.2) is 58.0 Å². The van der Waals surface area contributed by atoms with Crippen LogP contribution in [0.5, 0.6) is 0 Å². The molecule has 178 valence electrons. The van der Waals surface area contributed by atoms with Crippen LogP contribution in [0.1, 0.15) is 24.8 Å². The fourth-order valence-corrected chi connectivity index (χ4v) is 5.84. The van der Waals surface area contributed by atoms with Crippen LogP contribution in [-0.2, 0) is 26.0 Å². The van der Waals surface area contributed by atoms with E-state index in [1.54, 1.807) is 12.1 Å². The van der Waals surface area contributed by atoms with Gasteiger partial charge in [0.2, 0.25) is 15.9 Å². The number of rotatable bonds is 6. The van der Waals surface area contributed by atoms with Crippen LogP contribution in [0.4, 0.5) is 15.8 Å². The average molecular weight is 496 g/mol. The van der Waals surface area contributed by atoms with Crippen LogP contribution < -0.4 is 10.2 Å². The second-order valence-corrected chi connectivity index (χ2v) is 10.5. The third-order valence-electron chi connectivity index (χ3n) is 5.95. The zero-order chi connectivity index (χ0) is 23.4. The molecule has 0 saturated carbocycles. The summed E-state index contributed by atoms with van der Waals surface area (Å²) in [7, 11) is -3.74. The molecule has 2 aromatic carbocycles. The predicted octanol–water partition coefficient (Wildman–Crippen LogP) is 3.67. The zero-order valence-electron chi connectivity index (χ0n) is 18.2. The van der Waals surface area contributed by atoms with Gasteiger partial charge in [0, 0.05) is 36.8 Å². The van der Waals surface area contributed by atoms with Crippen molar-refractivity contribution in [3.63, 3.8) is 0 Å². The van der Waals surface area contributed by atoms with Gasteiger partial charge >= 0.3 is 0 Å². The van der Waals surface area contributed by atoms with Gasteiger partial charge in [0.1, 0.15) is 5.82 Å². The number of carbonyl (C=O) groups is 1. The Labute approximate surface area is 198 Å². The first-order chi connectivity index (χ1) is 15.9. The van der Waals surface area contributed by atoms with E-state index in [0.717, 1.165) is 38.0 Å². The molecule has 0 aliphatic carbocycles. The summed E-state index contributed by atoms with van der Waals surface area (Å²) < 4.78 is 47.2. The molecule has 2 aromatic rings. The Morgan fingerprint density at radius 3 is 2.48 bits per heavy atom. The average Bonchev–Trinajstić information content (AvgIpc) is 2.82. The molecular formula is C23H27ClFN3O4S. The summed E-state index contributed by atoms with van der Waals surface area (Å²) >= 11 is 6.08. The third kappa shape index (κ3) is 5.48. The maximum Gasteiger partial charge on any atom is 0.243 e. The third-order valence-corrected chi connectivity index (χ3v) is 8.19. The van der Waals surface area contributed by atoms with Gasteiger partial charge in [-0.1, -0.05) is 17.7 Å². The summed E-state index contributed by atoms with van der Waals surface area (Å²) in [4.78, 5) is 15.1. The lowest BCUT2D eigenvalue weighted by molar-refractivity contribution is -0.115. The fourth-order valence-electron chi connectivity index (χ4n) is 4.18. The lowest BCUT2D eigenvalue weighted by Gasteiger charge is -2.31. The van der Waals surface area contributed by atoms with E-state index in [1.807, 2.05) is 0 Å². The molecule has 33 heavy (non-hydrogen) atoms. The van der Waals surface area contributed by atoms with Crippen LogP contribution in [0.3, 0.4) is 0 Å². The van der Waals surface area contributed by atoms with Gasteiger partial charge in [0.05, 0.1) is 35.9 Å². The quantitative estimate of drug-likeness (QED) is 0.661. The lowest BCUT2D eigenvalue weighted by Crippen LogP contribution is -2.40. The predicted molar refractivity (Wildman–Crippen MR) is 126 cm³/mol. The number of hydrogen-bond donors (Lipinski definition) is 1. The number of benzene rings is 2. The molecule has 2 saturated heterocycles. The second kappa shape index (κ2) is 10.4. The molecule has 4 rings (SSSR count). The Morgan fingerprint density at radius 1 is 1.06 bits per heavy atom. The lowest BCUT2D eigenvalue weighted by atomic mass is 10.1. The van der Waals surface area contributed by atoms with Crippen molar-refractivity contribution in [2.75, 3.05) is 49.6 Å². The number of sulfonamides is 1. The molecule has 1 amide bonds. The monoisotopic (exact) mass is 495 g/mol. The van der Waals surface area contributed by atoms with Gasteiger partial charge in [-0.2, -0.15) is 4.31 Å². The van der Waals surface area contributed by atoms with Crippen molar-refractivity contribution in [2.45, 2.75) is 30.6 Å². The SMILES string of the molecule is O=C(Cc1c(F)cccc1Cl)Nc1cc(S(=O)(=O)N2CCOCC2)ccc1N1CCCCC1. The molecule has 0 aromatic heterocycles. The number of amides is 1. The van der Waals surface area contributed by atoms with Crippen LogP contribution in [0, 0.1) is 5.82 Å². The number of halogens is 2. The molecule has 1 N–H and O–H groups in total. The van der Waals surface area contributed by atoms with E-state index in [1.165, 1.54) is 28.6 Å². The number of nitrogens with one attached hydrogen (secondary N) is 1. The smallest absolute Gasteiger partial charge is 0.243 e. The summed E-state index contributed by atoms with van der Waals surface area (Å²) in [6, 6.07) is 9.08. The normalized spacial score (nSPS) is 17.7. The zero-order valence-corrected chi connectivity index (χ0v) is 19.8. The van der Waals surface area contributed by atoms with E-state index in [4.69, 9.17) is 16.3 Å². The van der Waals surface area contributed by atoms with Gasteiger partial charge < -0.3 is 15.0 Å². The topological polar surface area (TPSA) is 79.0 Å². The maximum atomic E-state index is 14.2. The largest absolute Gasteiger partial charge is 0.379 e. The molecule has 0 bridgehead atoms. The van der Waals surface area contributed by atoms with Crippen molar-refractivity contribution in [1.82, 2.24) is 4.31 Å². The molecule has 2 aliphatic heterocycles. The van der Waals surface area contributed by atoms with Crippen LogP contribution in [0.2, 0.25) is 5.02 Å². The van der Waals surface area contributed by atoms with Crippen molar-refractivity contribution in [2.24, 2.45) is 0 Å². The number of hydrogen-bond acceptors (Lipinski definition) is 5. The Morgan fingerprint density at radius 2 is 1.79 bits per heavy atom. The first-order valence-corrected chi connectivity index (χ1v) is 12.9. The minimum absolute atomic E-state index is 0.101. The molecule has 10 heteroatoms. The van der Waals surface area contributed by atoms with Gasteiger partial charge in [-0.25, -0.2) is 12.8 Å². The highest BCUT2D eigenvalue weighted by Crippen LogP contribution is 2.32. The van der Waals surface area contributed by atoms with Crippen LogP contribution in [0.15, 0.2) is 41.3 Å². The van der Waals surface area contributed by atoms with Gasteiger partial charge in [0.25, 0.3) is 0 Å². The first kappa shape index (κ1) is 23.9. The molecule has 2 fully saturated rings. The van der Waals surface area contributed by atoms with Crippen molar-refractivity contribution < 1.29 is 22.3 Å². The Balaban J connectivity index is 1.64. The number of ether oxygens (including phenoxy) is 1. The number of carbonyl (C=O) groups excluding carboxylic acids is 1. The summed E-state index contributed by atoms with van der Waals surface area (Å²) in [6.07, 6.45) is 2.91. The van der Waals surface area contributed by atoms with Gasteiger partial charge in [-0.05, 0) is 49.6 Å². The highest BCUT2D eigenvalue weighted by Gasteiger charge is 2.28. The fraction of sp³-hybridized carbons (Fsp3) is 0.435. The molecule has 0 spiro atoms. The van der Waals surface area contributed by atoms with Crippen LogP contribution >= 0.6 is 11.6 Å². The number of piperidine rings is 1. The molecule has 0 unspecified atom stereocenters. The van der Waals surface area contributed by atoms with Gasteiger partial charge in [-0.15, -0.1) is 0 Å². The summed E-state index contributed by atoms with van der Waals surface area (Å²) in [5.41, 5.74) is 1.25. The van der Waals surface area contributed by atoms with E-state index in [-0.39, 0.29) is 35.0 Å². The molecule has 0 radical (unpaired) electrons. The highest BCUT2D eigenvalue weighted by molar-refractivity contribution is 7.89. The van der Waals surface area contributed by atoms with Crippen LogP contribution in [0.25, 0.3) is 0 Å². The van der Waals surface area contributed by atoms with E-state index in [0.29, 0.717) is 18.9 Å². The first-order valence-electron chi connectivity index (χ1n) is 11.1. The van der Waals surface area contributed by atoms with Crippen molar-refractivity contribution in [3.8, 4) is 0 Å². The number of nitrogens with zero attached hydrogens (tertiary/aromatic N) is 2. The van der Waals surface area contributed by atoms with Gasteiger partial charge in [-0.3, -0.25) is 4.79 Å². The van der Waals surface area contributed by atoms with Crippen molar-refractivity contribution in [1.29, 1.82) is 0 Å². The molecule has 2 heterocycles. The standard InChI is InChI=1S/C23H27ClFN3O4S/c24-19-5-4-6-20(25)18(19)16-23(29)26-21-15-17(33(30,31)28-11-13-32-14-12-28)7-8-22(21)27-9-2-1-3-10-27/h4-8,15H,1-3,9-14,16H2,(H,26,29). The second-order valence-electron chi connectivity index (χ2n) is 8.17. The minimum atomic E-state index is -3.74. The highest BCUT2D eigenvalue weighted by atomic mass is 35.5. The molecule has 7 nitrogen and oxygen atoms in total. The van der Waals surface area contributed by atoms with E-state index >= 15 is 0 Å². The summed E-state index contributed by atoms with van der Waals surface area (Å²) in [6.45, 7) is 2.89.